The summed E-state index contributed by atoms with van der Waals surface area (Å²) >= 11 is 3.55. The van der Waals surface area contributed by atoms with E-state index in [0.29, 0.717) is 0 Å². The summed E-state index contributed by atoms with van der Waals surface area (Å²) in [6, 6.07) is 1.98. The van der Waals surface area contributed by atoms with Crippen LogP contribution in [0.4, 0.5) is 0 Å². The Morgan fingerprint density at radius 3 is 2.40 bits per heavy atom. The van der Waals surface area contributed by atoms with Gasteiger partial charge < -0.3 is 14.2 Å². The molecular weight excluding hydrogens is 320 g/mol. The molecule has 0 N–H and O–H groups in total. The molecule has 0 amide bonds. The second kappa shape index (κ2) is 5.94. The van der Waals surface area contributed by atoms with Crippen LogP contribution in [0.15, 0.2) is 10.5 Å². The third-order valence-electron chi connectivity index (χ3n) is 3.50. The first-order chi connectivity index (χ1) is 9.35. The van der Waals surface area contributed by atoms with E-state index >= 15 is 0 Å². The number of halogens is 1. The lowest BCUT2D eigenvalue weighted by Crippen LogP contribution is -2.32. The van der Waals surface area contributed by atoms with Gasteiger partial charge in [0.2, 0.25) is 0 Å². The molecule has 0 aromatic heterocycles. The minimum Gasteiger partial charge on any atom is -0.496 e. The third-order valence-corrected chi connectivity index (χ3v) is 4.09. The summed E-state index contributed by atoms with van der Waals surface area (Å²) in [5.41, 5.74) is 2.34. The van der Waals surface area contributed by atoms with Crippen LogP contribution in [-0.4, -0.2) is 25.9 Å². The monoisotopic (exact) mass is 342 g/mol. The molecule has 4 heteroatoms. The van der Waals surface area contributed by atoms with Gasteiger partial charge in [0.25, 0.3) is 0 Å². The Kier molecular flexibility index (Phi) is 4.65. The predicted octanol–water partition coefficient (Wildman–Crippen LogP) is 4.14. The van der Waals surface area contributed by atoms with E-state index in [9.17, 15) is 0 Å². The predicted molar refractivity (Wildman–Crippen MR) is 83.9 cm³/mol. The third kappa shape index (κ3) is 3.29. The summed E-state index contributed by atoms with van der Waals surface area (Å²) in [7, 11) is 3.42. The zero-order chi connectivity index (χ0) is 14.9. The van der Waals surface area contributed by atoms with Gasteiger partial charge in [0.15, 0.2) is 0 Å². The maximum absolute atomic E-state index is 6.13. The second-order valence-corrected chi connectivity index (χ2v) is 7.00. The highest BCUT2D eigenvalue weighted by Gasteiger charge is 2.29. The molecule has 1 aliphatic carbocycles. The highest BCUT2D eigenvalue weighted by atomic mass is 79.9. The Morgan fingerprint density at radius 1 is 1.15 bits per heavy atom. The molecule has 0 saturated heterocycles. The normalized spacial score (nSPS) is 18.6. The lowest BCUT2D eigenvalue weighted by atomic mass is 9.88. The first kappa shape index (κ1) is 15.6. The van der Waals surface area contributed by atoms with Crippen molar-refractivity contribution in [3.8, 4) is 11.5 Å². The zero-order valence-electron chi connectivity index (χ0n) is 12.9. The highest BCUT2D eigenvalue weighted by molar-refractivity contribution is 9.10. The first-order valence-electron chi connectivity index (χ1n) is 6.95. The summed E-state index contributed by atoms with van der Waals surface area (Å²) in [5.74, 6) is 1.84. The van der Waals surface area contributed by atoms with Crippen LogP contribution in [0.5, 0.6) is 11.5 Å². The molecule has 0 fully saturated rings. The summed E-state index contributed by atoms with van der Waals surface area (Å²) < 4.78 is 18.1. The van der Waals surface area contributed by atoms with Crippen molar-refractivity contribution in [2.75, 3.05) is 14.2 Å². The maximum Gasteiger partial charge on any atom is 0.136 e. The molecular formula is C16H23BrO3. The molecule has 20 heavy (non-hydrogen) atoms. The van der Waals surface area contributed by atoms with Crippen LogP contribution in [0.1, 0.15) is 38.3 Å². The van der Waals surface area contributed by atoms with Gasteiger partial charge in [0.1, 0.15) is 11.5 Å². The lowest BCUT2D eigenvalue weighted by Gasteiger charge is -2.32. The van der Waals surface area contributed by atoms with Crippen molar-refractivity contribution >= 4 is 15.9 Å². The van der Waals surface area contributed by atoms with Crippen molar-refractivity contribution in [2.24, 2.45) is 0 Å². The Morgan fingerprint density at radius 2 is 1.85 bits per heavy atom. The molecule has 1 aromatic carbocycles. The zero-order valence-corrected chi connectivity index (χ0v) is 14.5. The van der Waals surface area contributed by atoms with Crippen LogP contribution in [0.2, 0.25) is 0 Å². The van der Waals surface area contributed by atoms with E-state index < -0.39 is 0 Å². The maximum atomic E-state index is 6.13. The SMILES string of the molecule is COc1cc(Br)c(OC)c2c1CC(OC(C)(C)C)CC2. The van der Waals surface area contributed by atoms with Crippen LogP contribution in [0.3, 0.4) is 0 Å². The van der Waals surface area contributed by atoms with Gasteiger partial charge in [-0.1, -0.05) is 0 Å². The average Bonchev–Trinajstić information content (AvgIpc) is 2.36. The summed E-state index contributed by atoms with van der Waals surface area (Å²) in [6.07, 6.45) is 3.08. The number of fused-ring (bicyclic) bond motifs is 1. The minimum absolute atomic E-state index is 0.116. The molecule has 0 spiro atoms. The molecule has 1 atom stereocenters. The fourth-order valence-electron chi connectivity index (χ4n) is 2.82. The van der Waals surface area contributed by atoms with Crippen molar-refractivity contribution in [3.05, 3.63) is 21.7 Å². The van der Waals surface area contributed by atoms with Gasteiger partial charge in [-0.05, 0) is 55.6 Å². The van der Waals surface area contributed by atoms with Gasteiger partial charge in [0.05, 0.1) is 30.4 Å². The van der Waals surface area contributed by atoms with Crippen molar-refractivity contribution in [3.63, 3.8) is 0 Å². The van der Waals surface area contributed by atoms with Crippen LogP contribution in [0.25, 0.3) is 0 Å². The summed E-state index contributed by atoms with van der Waals surface area (Å²) in [4.78, 5) is 0. The molecule has 1 aliphatic rings. The molecule has 3 nitrogen and oxygen atoms in total. The van der Waals surface area contributed by atoms with Gasteiger partial charge in [-0.3, -0.25) is 0 Å². The average molecular weight is 343 g/mol. The van der Waals surface area contributed by atoms with Crippen molar-refractivity contribution < 1.29 is 14.2 Å². The van der Waals surface area contributed by atoms with Crippen LogP contribution in [-0.2, 0) is 17.6 Å². The topological polar surface area (TPSA) is 27.7 Å². The Bertz CT molecular complexity index is 491. The van der Waals surface area contributed by atoms with E-state index in [1.807, 2.05) is 6.07 Å². The second-order valence-electron chi connectivity index (χ2n) is 6.15. The Hall–Kier alpha value is -0.740. The number of benzene rings is 1. The molecule has 1 aromatic rings. The highest BCUT2D eigenvalue weighted by Crippen LogP contribution is 2.42. The molecule has 0 saturated carbocycles. The molecule has 2 rings (SSSR count). The van der Waals surface area contributed by atoms with Gasteiger partial charge >= 0.3 is 0 Å². The fourth-order valence-corrected chi connectivity index (χ4v) is 3.43. The molecule has 0 heterocycles. The molecule has 0 aliphatic heterocycles. The Labute approximate surface area is 129 Å². The van der Waals surface area contributed by atoms with Gasteiger partial charge in [-0.25, -0.2) is 0 Å². The minimum atomic E-state index is -0.116. The van der Waals surface area contributed by atoms with Gasteiger partial charge in [-0.2, -0.15) is 0 Å². The summed E-state index contributed by atoms with van der Waals surface area (Å²) in [6.45, 7) is 6.30. The fraction of sp³-hybridized carbons (Fsp3) is 0.625. The van der Waals surface area contributed by atoms with E-state index in [4.69, 9.17) is 14.2 Å². The van der Waals surface area contributed by atoms with E-state index in [1.54, 1.807) is 14.2 Å². The van der Waals surface area contributed by atoms with Crippen LogP contribution < -0.4 is 9.47 Å². The number of methoxy groups -OCH3 is 2. The quantitative estimate of drug-likeness (QED) is 0.826. The molecule has 0 bridgehead atoms. The van der Waals surface area contributed by atoms with Crippen molar-refractivity contribution in [2.45, 2.75) is 51.7 Å². The van der Waals surface area contributed by atoms with E-state index in [2.05, 4.69) is 36.7 Å². The number of rotatable bonds is 3. The summed E-state index contributed by atoms with van der Waals surface area (Å²) in [5, 5.41) is 0. The van der Waals surface area contributed by atoms with Crippen molar-refractivity contribution in [1.29, 1.82) is 0 Å². The van der Waals surface area contributed by atoms with Gasteiger partial charge in [0, 0.05) is 17.5 Å². The van der Waals surface area contributed by atoms with E-state index in [1.165, 1.54) is 11.1 Å². The largest absolute Gasteiger partial charge is 0.496 e. The Balaban J connectivity index is 2.35. The number of ether oxygens (including phenoxy) is 3. The lowest BCUT2D eigenvalue weighted by molar-refractivity contribution is -0.0646. The van der Waals surface area contributed by atoms with E-state index in [0.717, 1.165) is 35.2 Å². The smallest absolute Gasteiger partial charge is 0.136 e. The molecule has 1 unspecified atom stereocenters. The molecule has 112 valence electrons. The molecule has 0 radical (unpaired) electrons. The van der Waals surface area contributed by atoms with Crippen molar-refractivity contribution in [1.82, 2.24) is 0 Å². The van der Waals surface area contributed by atoms with Gasteiger partial charge in [-0.15, -0.1) is 0 Å². The van der Waals surface area contributed by atoms with Crippen LogP contribution in [0, 0.1) is 0 Å². The van der Waals surface area contributed by atoms with Crippen LogP contribution >= 0.6 is 15.9 Å². The standard InChI is InChI=1S/C16H23BrO3/c1-16(2,3)20-10-6-7-11-12(8-10)14(18-4)9-13(17)15(11)19-5/h9-10H,6-8H2,1-5H3. The van der Waals surface area contributed by atoms with E-state index in [-0.39, 0.29) is 11.7 Å². The first-order valence-corrected chi connectivity index (χ1v) is 7.75. The number of hydrogen-bond acceptors (Lipinski definition) is 3. The number of hydrogen-bond donors (Lipinski definition) is 0.